The summed E-state index contributed by atoms with van der Waals surface area (Å²) >= 11 is 0. The van der Waals surface area contributed by atoms with E-state index in [1.807, 2.05) is 0 Å². The SMILES string of the molecule is Fc1ccc(CNc2cc(F)ncn2)c(F)c1. The molecule has 0 amide bonds. The Labute approximate surface area is 95.3 Å². The maximum absolute atomic E-state index is 13.2. The third kappa shape index (κ3) is 2.93. The molecule has 0 aliphatic carbocycles. The van der Waals surface area contributed by atoms with Crippen molar-refractivity contribution in [2.45, 2.75) is 6.54 Å². The van der Waals surface area contributed by atoms with Crippen molar-refractivity contribution < 1.29 is 13.2 Å². The highest BCUT2D eigenvalue weighted by atomic mass is 19.1. The molecule has 1 heterocycles. The van der Waals surface area contributed by atoms with Crippen molar-refractivity contribution in [1.29, 1.82) is 0 Å². The van der Waals surface area contributed by atoms with Crippen molar-refractivity contribution in [1.82, 2.24) is 9.97 Å². The molecule has 0 aliphatic rings. The van der Waals surface area contributed by atoms with E-state index in [9.17, 15) is 13.2 Å². The predicted molar refractivity (Wildman–Crippen MR) is 55.7 cm³/mol. The summed E-state index contributed by atoms with van der Waals surface area (Å²) in [6, 6.07) is 4.34. The standard InChI is InChI=1S/C11H8F3N3/c12-8-2-1-7(9(13)3-8)5-15-11-4-10(14)16-6-17-11/h1-4,6H,5H2,(H,15,16,17). The van der Waals surface area contributed by atoms with Crippen molar-refractivity contribution in [3.05, 3.63) is 53.7 Å². The molecule has 1 N–H and O–H groups in total. The van der Waals surface area contributed by atoms with Crippen LogP contribution in [0.15, 0.2) is 30.6 Å². The van der Waals surface area contributed by atoms with Crippen LogP contribution in [-0.2, 0) is 6.54 Å². The smallest absolute Gasteiger partial charge is 0.217 e. The Kier molecular flexibility index (Phi) is 3.22. The Bertz CT molecular complexity index is 531. The molecule has 6 heteroatoms. The average Bonchev–Trinajstić information content (AvgIpc) is 2.28. The molecule has 0 bridgehead atoms. The second-order valence-electron chi connectivity index (χ2n) is 3.32. The van der Waals surface area contributed by atoms with Gasteiger partial charge in [0, 0.05) is 24.2 Å². The zero-order chi connectivity index (χ0) is 12.3. The van der Waals surface area contributed by atoms with Gasteiger partial charge in [0.25, 0.3) is 0 Å². The van der Waals surface area contributed by atoms with Crippen LogP contribution in [0.5, 0.6) is 0 Å². The Morgan fingerprint density at radius 2 is 1.88 bits per heavy atom. The van der Waals surface area contributed by atoms with Gasteiger partial charge in [-0.05, 0) is 6.07 Å². The largest absolute Gasteiger partial charge is 0.366 e. The summed E-state index contributed by atoms with van der Waals surface area (Å²) < 4.78 is 38.6. The van der Waals surface area contributed by atoms with Gasteiger partial charge in [-0.1, -0.05) is 6.07 Å². The van der Waals surface area contributed by atoms with Gasteiger partial charge in [0.2, 0.25) is 5.95 Å². The van der Waals surface area contributed by atoms with Crippen LogP contribution in [0.3, 0.4) is 0 Å². The minimum Gasteiger partial charge on any atom is -0.366 e. The molecular weight excluding hydrogens is 231 g/mol. The Morgan fingerprint density at radius 1 is 1.06 bits per heavy atom. The molecule has 88 valence electrons. The van der Waals surface area contributed by atoms with E-state index < -0.39 is 17.6 Å². The molecule has 0 aliphatic heterocycles. The van der Waals surface area contributed by atoms with E-state index in [-0.39, 0.29) is 17.9 Å². The maximum Gasteiger partial charge on any atom is 0.217 e. The first-order valence-electron chi connectivity index (χ1n) is 4.80. The predicted octanol–water partition coefficient (Wildman–Crippen LogP) is 2.51. The summed E-state index contributed by atoms with van der Waals surface area (Å²) in [4.78, 5) is 7.03. The number of halogens is 3. The second kappa shape index (κ2) is 4.82. The maximum atomic E-state index is 13.2. The van der Waals surface area contributed by atoms with Gasteiger partial charge in [-0.25, -0.2) is 18.7 Å². The molecule has 0 atom stereocenters. The van der Waals surface area contributed by atoms with Gasteiger partial charge in [-0.15, -0.1) is 0 Å². The lowest BCUT2D eigenvalue weighted by Gasteiger charge is -2.06. The molecular formula is C11H8F3N3. The fraction of sp³-hybridized carbons (Fsp3) is 0.0909. The van der Waals surface area contributed by atoms with Crippen LogP contribution < -0.4 is 5.32 Å². The van der Waals surface area contributed by atoms with E-state index in [1.165, 1.54) is 6.07 Å². The first-order valence-corrected chi connectivity index (χ1v) is 4.80. The monoisotopic (exact) mass is 239 g/mol. The first-order chi connectivity index (χ1) is 8.15. The van der Waals surface area contributed by atoms with Gasteiger partial charge in [-0.3, -0.25) is 0 Å². The van der Waals surface area contributed by atoms with Gasteiger partial charge < -0.3 is 5.32 Å². The van der Waals surface area contributed by atoms with Crippen LogP contribution in [0, 0.1) is 17.6 Å². The van der Waals surface area contributed by atoms with Crippen LogP contribution >= 0.6 is 0 Å². The number of nitrogens with zero attached hydrogens (tertiary/aromatic N) is 2. The minimum atomic E-state index is -0.679. The van der Waals surface area contributed by atoms with Gasteiger partial charge in [-0.2, -0.15) is 4.39 Å². The molecule has 3 nitrogen and oxygen atoms in total. The number of benzene rings is 1. The Hall–Kier alpha value is -2.11. The fourth-order valence-electron chi connectivity index (χ4n) is 1.28. The van der Waals surface area contributed by atoms with E-state index in [1.54, 1.807) is 0 Å². The van der Waals surface area contributed by atoms with Crippen LogP contribution in [0.2, 0.25) is 0 Å². The lowest BCUT2D eigenvalue weighted by molar-refractivity contribution is 0.573. The van der Waals surface area contributed by atoms with Crippen molar-refractivity contribution >= 4 is 5.82 Å². The minimum absolute atomic E-state index is 0.0859. The van der Waals surface area contributed by atoms with Crippen LogP contribution in [0.4, 0.5) is 19.0 Å². The normalized spacial score (nSPS) is 10.3. The van der Waals surface area contributed by atoms with E-state index in [0.29, 0.717) is 0 Å². The van der Waals surface area contributed by atoms with Crippen LogP contribution in [0.1, 0.15) is 5.56 Å². The zero-order valence-corrected chi connectivity index (χ0v) is 8.62. The number of rotatable bonds is 3. The molecule has 0 unspecified atom stereocenters. The summed E-state index contributed by atoms with van der Waals surface area (Å²) in [6.07, 6.45) is 1.05. The topological polar surface area (TPSA) is 37.8 Å². The summed E-state index contributed by atoms with van der Waals surface area (Å²) in [5, 5.41) is 2.71. The number of hydrogen-bond acceptors (Lipinski definition) is 3. The highest BCUT2D eigenvalue weighted by Gasteiger charge is 2.04. The van der Waals surface area contributed by atoms with Gasteiger partial charge >= 0.3 is 0 Å². The van der Waals surface area contributed by atoms with Gasteiger partial charge in [0.05, 0.1) is 0 Å². The second-order valence-corrected chi connectivity index (χ2v) is 3.32. The molecule has 0 fully saturated rings. The van der Waals surface area contributed by atoms with Crippen LogP contribution in [-0.4, -0.2) is 9.97 Å². The molecule has 1 aromatic carbocycles. The summed E-state index contributed by atoms with van der Waals surface area (Å²) in [6.45, 7) is 0.0859. The zero-order valence-electron chi connectivity index (χ0n) is 8.62. The summed E-state index contributed by atoms with van der Waals surface area (Å²) in [5.74, 6) is -1.74. The average molecular weight is 239 g/mol. The molecule has 0 saturated heterocycles. The van der Waals surface area contributed by atoms with Crippen molar-refractivity contribution in [2.24, 2.45) is 0 Å². The first kappa shape index (κ1) is 11.4. The third-order valence-electron chi connectivity index (χ3n) is 2.11. The number of anilines is 1. The quantitative estimate of drug-likeness (QED) is 0.836. The number of hydrogen-bond donors (Lipinski definition) is 1. The number of nitrogens with one attached hydrogen (secondary N) is 1. The molecule has 17 heavy (non-hydrogen) atoms. The van der Waals surface area contributed by atoms with Gasteiger partial charge in [0.1, 0.15) is 23.8 Å². The molecule has 0 radical (unpaired) electrons. The fourth-order valence-corrected chi connectivity index (χ4v) is 1.28. The van der Waals surface area contributed by atoms with Crippen LogP contribution in [0.25, 0.3) is 0 Å². The van der Waals surface area contributed by atoms with E-state index in [4.69, 9.17) is 0 Å². The van der Waals surface area contributed by atoms with Crippen molar-refractivity contribution in [3.8, 4) is 0 Å². The lowest BCUT2D eigenvalue weighted by atomic mass is 10.2. The highest BCUT2D eigenvalue weighted by molar-refractivity contribution is 5.34. The van der Waals surface area contributed by atoms with E-state index in [2.05, 4.69) is 15.3 Å². The van der Waals surface area contributed by atoms with Crippen molar-refractivity contribution in [3.63, 3.8) is 0 Å². The number of aromatic nitrogens is 2. The molecule has 0 saturated carbocycles. The third-order valence-corrected chi connectivity index (χ3v) is 2.11. The summed E-state index contributed by atoms with van der Waals surface area (Å²) in [5.41, 5.74) is 0.269. The molecule has 1 aromatic heterocycles. The molecule has 0 spiro atoms. The lowest BCUT2D eigenvalue weighted by Crippen LogP contribution is -2.04. The Morgan fingerprint density at radius 3 is 2.59 bits per heavy atom. The molecule has 2 rings (SSSR count). The van der Waals surface area contributed by atoms with E-state index >= 15 is 0 Å². The van der Waals surface area contributed by atoms with Gasteiger partial charge in [0.15, 0.2) is 0 Å². The van der Waals surface area contributed by atoms with Crippen molar-refractivity contribution in [2.75, 3.05) is 5.32 Å². The Balaban J connectivity index is 2.07. The molecule has 2 aromatic rings. The summed E-state index contributed by atoms with van der Waals surface area (Å²) in [7, 11) is 0. The highest BCUT2D eigenvalue weighted by Crippen LogP contribution is 2.11. The van der Waals surface area contributed by atoms with E-state index in [0.717, 1.165) is 24.5 Å².